The topological polar surface area (TPSA) is 38.5 Å². The predicted octanol–water partition coefficient (Wildman–Crippen LogP) is 2.82. The summed E-state index contributed by atoms with van der Waals surface area (Å²) in [7, 11) is 3.66. The number of nitrogens with two attached hydrogens (primary N) is 1. The van der Waals surface area contributed by atoms with Crippen LogP contribution >= 0.6 is 0 Å². The lowest BCUT2D eigenvalue weighted by Gasteiger charge is -2.47. The average Bonchev–Trinajstić information content (AvgIpc) is 2.43. The number of rotatable bonds is 7. The first-order valence-corrected chi connectivity index (χ1v) is 7.07. The standard InChI is InChI=1S/C16H27FN2O/c1-12(2)16(10-18,11-20-5)19(4)13(3)14-8-6-7-9-15(14)17/h6-9,12-13H,10-11,18H2,1-5H3. The van der Waals surface area contributed by atoms with Gasteiger partial charge in [-0.05, 0) is 26.0 Å². The van der Waals surface area contributed by atoms with Gasteiger partial charge in [-0.3, -0.25) is 4.90 Å². The molecule has 0 amide bonds. The largest absolute Gasteiger partial charge is 0.383 e. The Bertz CT molecular complexity index is 425. The first-order chi connectivity index (χ1) is 9.40. The molecule has 0 saturated heterocycles. The molecule has 2 unspecified atom stereocenters. The van der Waals surface area contributed by atoms with Gasteiger partial charge in [-0.1, -0.05) is 32.0 Å². The molecule has 0 radical (unpaired) electrons. The van der Waals surface area contributed by atoms with E-state index in [0.29, 0.717) is 24.6 Å². The van der Waals surface area contributed by atoms with E-state index in [9.17, 15) is 4.39 Å². The highest BCUT2D eigenvalue weighted by atomic mass is 19.1. The van der Waals surface area contributed by atoms with E-state index in [1.54, 1.807) is 13.2 Å². The lowest BCUT2D eigenvalue weighted by molar-refractivity contribution is -0.0221. The molecule has 2 atom stereocenters. The molecule has 0 aliphatic rings. The van der Waals surface area contributed by atoms with E-state index in [4.69, 9.17) is 10.5 Å². The van der Waals surface area contributed by atoms with Gasteiger partial charge in [0.15, 0.2) is 0 Å². The fraction of sp³-hybridized carbons (Fsp3) is 0.625. The number of nitrogens with zero attached hydrogens (tertiary/aromatic N) is 1. The highest BCUT2D eigenvalue weighted by Crippen LogP contribution is 2.32. The molecular weight excluding hydrogens is 255 g/mol. The molecule has 0 bridgehead atoms. The van der Waals surface area contributed by atoms with Crippen molar-refractivity contribution in [3.8, 4) is 0 Å². The maximum Gasteiger partial charge on any atom is 0.127 e. The lowest BCUT2D eigenvalue weighted by atomic mass is 9.83. The van der Waals surface area contributed by atoms with E-state index < -0.39 is 0 Å². The highest BCUT2D eigenvalue weighted by molar-refractivity contribution is 5.21. The van der Waals surface area contributed by atoms with Crippen LogP contribution in [0, 0.1) is 11.7 Å². The predicted molar refractivity (Wildman–Crippen MR) is 81.1 cm³/mol. The van der Waals surface area contributed by atoms with Gasteiger partial charge in [-0.15, -0.1) is 0 Å². The molecule has 0 aromatic heterocycles. The van der Waals surface area contributed by atoms with E-state index >= 15 is 0 Å². The number of ether oxygens (including phenoxy) is 1. The van der Waals surface area contributed by atoms with E-state index in [1.807, 2.05) is 26.1 Å². The van der Waals surface area contributed by atoms with Gasteiger partial charge in [0.05, 0.1) is 12.1 Å². The zero-order valence-electron chi connectivity index (χ0n) is 13.2. The first kappa shape index (κ1) is 17.1. The minimum Gasteiger partial charge on any atom is -0.383 e. The van der Waals surface area contributed by atoms with Crippen molar-refractivity contribution in [1.29, 1.82) is 0 Å². The summed E-state index contributed by atoms with van der Waals surface area (Å²) in [5.74, 6) is 0.116. The van der Waals surface area contributed by atoms with E-state index in [1.165, 1.54) is 6.07 Å². The zero-order valence-corrected chi connectivity index (χ0v) is 13.2. The van der Waals surface area contributed by atoms with Crippen LogP contribution in [-0.4, -0.2) is 37.7 Å². The van der Waals surface area contributed by atoms with Crippen LogP contribution in [0.2, 0.25) is 0 Å². The van der Waals surface area contributed by atoms with Gasteiger partial charge < -0.3 is 10.5 Å². The number of hydrogen-bond donors (Lipinski definition) is 1. The van der Waals surface area contributed by atoms with Gasteiger partial charge in [0, 0.05) is 25.3 Å². The summed E-state index contributed by atoms with van der Waals surface area (Å²) in [6.45, 7) is 7.23. The van der Waals surface area contributed by atoms with Crippen LogP contribution in [0.5, 0.6) is 0 Å². The van der Waals surface area contributed by atoms with Crippen molar-refractivity contribution < 1.29 is 9.13 Å². The van der Waals surface area contributed by atoms with Crippen LogP contribution in [0.3, 0.4) is 0 Å². The van der Waals surface area contributed by atoms with Crippen molar-refractivity contribution in [2.24, 2.45) is 11.7 Å². The third kappa shape index (κ3) is 3.19. The monoisotopic (exact) mass is 282 g/mol. The molecule has 0 fully saturated rings. The van der Waals surface area contributed by atoms with Gasteiger partial charge in [0.1, 0.15) is 5.82 Å². The second-order valence-corrected chi connectivity index (χ2v) is 5.70. The molecule has 1 rings (SSSR count). The minimum absolute atomic E-state index is 0.0719. The minimum atomic E-state index is -0.309. The molecule has 114 valence electrons. The summed E-state index contributed by atoms with van der Waals surface area (Å²) in [6, 6.07) is 6.82. The Labute approximate surface area is 121 Å². The quantitative estimate of drug-likeness (QED) is 0.836. The fourth-order valence-electron chi connectivity index (χ4n) is 2.77. The van der Waals surface area contributed by atoms with Gasteiger partial charge in [-0.25, -0.2) is 4.39 Å². The second-order valence-electron chi connectivity index (χ2n) is 5.70. The second kappa shape index (κ2) is 7.16. The number of benzene rings is 1. The first-order valence-electron chi connectivity index (χ1n) is 7.07. The third-order valence-electron chi connectivity index (χ3n) is 4.46. The maximum absolute atomic E-state index is 14.0. The van der Waals surface area contributed by atoms with Gasteiger partial charge in [-0.2, -0.15) is 0 Å². The van der Waals surface area contributed by atoms with Crippen molar-refractivity contribution in [3.63, 3.8) is 0 Å². The fourth-order valence-corrected chi connectivity index (χ4v) is 2.77. The number of methoxy groups -OCH3 is 1. The molecule has 4 heteroatoms. The van der Waals surface area contributed by atoms with Gasteiger partial charge >= 0.3 is 0 Å². The SMILES string of the molecule is COCC(CN)(C(C)C)N(C)C(C)c1ccccc1F. The number of likely N-dealkylation sites (N-methyl/N-ethyl adjacent to an activating group) is 1. The Morgan fingerprint density at radius 2 is 1.90 bits per heavy atom. The van der Waals surface area contributed by atoms with E-state index in [2.05, 4.69) is 18.7 Å². The molecule has 2 N–H and O–H groups in total. The Morgan fingerprint density at radius 3 is 2.35 bits per heavy atom. The van der Waals surface area contributed by atoms with Crippen LogP contribution in [0.25, 0.3) is 0 Å². The summed E-state index contributed by atoms with van der Waals surface area (Å²) in [4.78, 5) is 2.14. The molecule has 0 saturated carbocycles. The molecular formula is C16H27FN2O. The third-order valence-corrected chi connectivity index (χ3v) is 4.46. The molecule has 0 heterocycles. The number of hydrogen-bond acceptors (Lipinski definition) is 3. The van der Waals surface area contributed by atoms with Crippen molar-refractivity contribution in [2.75, 3.05) is 27.3 Å². The Balaban J connectivity index is 3.12. The van der Waals surface area contributed by atoms with Gasteiger partial charge in [0.2, 0.25) is 0 Å². The van der Waals surface area contributed by atoms with Crippen molar-refractivity contribution in [2.45, 2.75) is 32.4 Å². The molecule has 1 aromatic rings. The molecule has 3 nitrogen and oxygen atoms in total. The molecule has 0 spiro atoms. The van der Waals surface area contributed by atoms with Crippen molar-refractivity contribution in [1.82, 2.24) is 4.90 Å². The Kier molecular flexibility index (Phi) is 6.11. The van der Waals surface area contributed by atoms with Crippen LogP contribution in [0.1, 0.15) is 32.4 Å². The average molecular weight is 282 g/mol. The molecule has 1 aromatic carbocycles. The Morgan fingerprint density at radius 1 is 1.30 bits per heavy atom. The lowest BCUT2D eigenvalue weighted by Crippen LogP contribution is -2.59. The molecule has 20 heavy (non-hydrogen) atoms. The summed E-state index contributed by atoms with van der Waals surface area (Å²) >= 11 is 0. The summed E-state index contributed by atoms with van der Waals surface area (Å²) < 4.78 is 19.4. The van der Waals surface area contributed by atoms with Crippen LogP contribution < -0.4 is 5.73 Å². The molecule has 0 aliphatic carbocycles. The molecule has 0 aliphatic heterocycles. The van der Waals surface area contributed by atoms with Crippen LogP contribution in [0.15, 0.2) is 24.3 Å². The highest BCUT2D eigenvalue weighted by Gasteiger charge is 2.39. The number of halogens is 1. The van der Waals surface area contributed by atoms with Gasteiger partial charge in [0.25, 0.3) is 0 Å². The van der Waals surface area contributed by atoms with Crippen LogP contribution in [-0.2, 0) is 4.74 Å². The summed E-state index contributed by atoms with van der Waals surface area (Å²) in [5.41, 5.74) is 6.41. The zero-order chi connectivity index (χ0) is 15.3. The van der Waals surface area contributed by atoms with Crippen molar-refractivity contribution in [3.05, 3.63) is 35.6 Å². The van der Waals surface area contributed by atoms with Crippen LogP contribution in [0.4, 0.5) is 4.39 Å². The van der Waals surface area contributed by atoms with E-state index in [0.717, 1.165) is 0 Å². The summed E-state index contributed by atoms with van der Waals surface area (Å²) in [5, 5.41) is 0. The van der Waals surface area contributed by atoms with Crippen molar-refractivity contribution >= 4 is 0 Å². The maximum atomic E-state index is 14.0. The smallest absolute Gasteiger partial charge is 0.127 e. The summed E-state index contributed by atoms with van der Waals surface area (Å²) in [6.07, 6.45) is 0. The van der Waals surface area contributed by atoms with E-state index in [-0.39, 0.29) is 17.4 Å². The Hall–Kier alpha value is -0.970. The normalized spacial score (nSPS) is 16.4.